The Kier molecular flexibility index (Phi) is 4.40. The lowest BCUT2D eigenvalue weighted by Crippen LogP contribution is -2.10. The Morgan fingerprint density at radius 2 is 1.88 bits per heavy atom. The van der Waals surface area contributed by atoms with Crippen molar-refractivity contribution < 1.29 is 19.4 Å². The third-order valence-electron chi connectivity index (χ3n) is 2.64. The summed E-state index contributed by atoms with van der Waals surface area (Å²) in [5.41, 5.74) is 1.49. The Labute approximate surface area is 109 Å². The van der Waals surface area contributed by atoms with Crippen LogP contribution in [0.1, 0.15) is 24.0 Å². The average Bonchev–Trinajstić information content (AvgIpc) is 2.27. The summed E-state index contributed by atoms with van der Waals surface area (Å²) in [7, 11) is 3.07. The van der Waals surface area contributed by atoms with Crippen LogP contribution < -0.4 is 9.47 Å². The van der Waals surface area contributed by atoms with Gasteiger partial charge < -0.3 is 14.6 Å². The molecule has 0 saturated carbocycles. The SMILES string of the molecule is COc1c(C)cc(C(C)C(=O)O)c(OC)c1Br. The Morgan fingerprint density at radius 3 is 2.29 bits per heavy atom. The highest BCUT2D eigenvalue weighted by molar-refractivity contribution is 9.10. The van der Waals surface area contributed by atoms with Crippen molar-refractivity contribution in [2.45, 2.75) is 19.8 Å². The summed E-state index contributed by atoms with van der Waals surface area (Å²) in [5, 5.41) is 9.06. The van der Waals surface area contributed by atoms with Crippen LogP contribution in [0.5, 0.6) is 11.5 Å². The maximum Gasteiger partial charge on any atom is 0.310 e. The topological polar surface area (TPSA) is 55.8 Å². The van der Waals surface area contributed by atoms with Crippen LogP contribution >= 0.6 is 15.9 Å². The smallest absolute Gasteiger partial charge is 0.310 e. The number of hydrogen-bond acceptors (Lipinski definition) is 3. The van der Waals surface area contributed by atoms with Crippen LogP contribution in [0.15, 0.2) is 10.5 Å². The van der Waals surface area contributed by atoms with Gasteiger partial charge in [0.15, 0.2) is 0 Å². The molecule has 1 unspecified atom stereocenters. The van der Waals surface area contributed by atoms with Gasteiger partial charge in [-0.3, -0.25) is 4.79 Å². The van der Waals surface area contributed by atoms with Gasteiger partial charge >= 0.3 is 5.97 Å². The Bertz CT molecular complexity index is 443. The summed E-state index contributed by atoms with van der Waals surface area (Å²) in [6, 6.07) is 1.78. The molecule has 0 amide bonds. The monoisotopic (exact) mass is 302 g/mol. The molecule has 0 aliphatic carbocycles. The minimum absolute atomic E-state index is 0.502. The van der Waals surface area contributed by atoms with E-state index >= 15 is 0 Å². The van der Waals surface area contributed by atoms with Crippen molar-refractivity contribution in [3.8, 4) is 11.5 Å². The van der Waals surface area contributed by atoms with E-state index in [0.717, 1.165) is 5.56 Å². The number of aryl methyl sites for hydroxylation is 1. The number of benzene rings is 1. The van der Waals surface area contributed by atoms with Crippen LogP contribution in [-0.2, 0) is 4.79 Å². The molecule has 0 aliphatic rings. The van der Waals surface area contributed by atoms with Crippen LogP contribution in [0, 0.1) is 6.92 Å². The van der Waals surface area contributed by atoms with Crippen LogP contribution in [0.4, 0.5) is 0 Å². The van der Waals surface area contributed by atoms with Crippen molar-refractivity contribution in [3.63, 3.8) is 0 Å². The highest BCUT2D eigenvalue weighted by Gasteiger charge is 2.23. The number of methoxy groups -OCH3 is 2. The molecule has 94 valence electrons. The van der Waals surface area contributed by atoms with Gasteiger partial charge in [0, 0.05) is 5.56 Å². The Morgan fingerprint density at radius 1 is 1.35 bits per heavy atom. The molecule has 0 bridgehead atoms. The molecule has 4 nitrogen and oxygen atoms in total. The predicted molar refractivity (Wildman–Crippen MR) is 68.0 cm³/mol. The zero-order chi connectivity index (χ0) is 13.2. The number of carboxylic acids is 1. The molecule has 1 atom stereocenters. The predicted octanol–water partition coefficient (Wildman–Crippen LogP) is 2.96. The normalized spacial score (nSPS) is 12.1. The molecule has 1 N–H and O–H groups in total. The Hall–Kier alpha value is -1.23. The Balaban J connectivity index is 3.46. The number of ether oxygens (including phenoxy) is 2. The van der Waals surface area contributed by atoms with Crippen LogP contribution in [-0.4, -0.2) is 25.3 Å². The van der Waals surface area contributed by atoms with Crippen molar-refractivity contribution in [2.24, 2.45) is 0 Å². The summed E-state index contributed by atoms with van der Waals surface area (Å²) < 4.78 is 11.1. The molecule has 0 radical (unpaired) electrons. The van der Waals surface area contributed by atoms with Crippen molar-refractivity contribution >= 4 is 21.9 Å². The first-order valence-corrected chi connectivity index (χ1v) is 5.87. The lowest BCUT2D eigenvalue weighted by molar-refractivity contribution is -0.138. The van der Waals surface area contributed by atoms with Crippen LogP contribution in [0.2, 0.25) is 0 Å². The summed E-state index contributed by atoms with van der Waals surface area (Å²) in [4.78, 5) is 11.0. The second kappa shape index (κ2) is 5.40. The van der Waals surface area contributed by atoms with Crippen molar-refractivity contribution in [3.05, 3.63) is 21.7 Å². The standard InChI is InChI=1S/C12H15BrO4/c1-6-5-8(7(2)12(14)15)11(17-4)9(13)10(6)16-3/h5,7H,1-4H3,(H,14,15). The molecule has 5 heteroatoms. The fraction of sp³-hybridized carbons (Fsp3) is 0.417. The van der Waals surface area contributed by atoms with Gasteiger partial charge in [0.2, 0.25) is 0 Å². The minimum atomic E-state index is -0.889. The molecule has 0 aliphatic heterocycles. The molecular formula is C12H15BrO4. The summed E-state index contributed by atoms with van der Waals surface area (Å²) in [6.45, 7) is 3.49. The van der Waals surface area contributed by atoms with Gasteiger partial charge in [-0.15, -0.1) is 0 Å². The number of rotatable bonds is 4. The molecule has 1 rings (SSSR count). The molecule has 0 heterocycles. The van der Waals surface area contributed by atoms with E-state index in [9.17, 15) is 4.79 Å². The van der Waals surface area contributed by atoms with Crippen molar-refractivity contribution in [1.29, 1.82) is 0 Å². The van der Waals surface area contributed by atoms with E-state index in [0.29, 0.717) is 21.5 Å². The molecule has 0 fully saturated rings. The number of halogens is 1. The summed E-state index contributed by atoms with van der Waals surface area (Å²) >= 11 is 3.38. The zero-order valence-electron chi connectivity index (χ0n) is 10.2. The summed E-state index contributed by atoms with van der Waals surface area (Å²) in [5.74, 6) is -0.365. The quantitative estimate of drug-likeness (QED) is 0.929. The molecule has 1 aromatic rings. The molecule has 1 aromatic carbocycles. The number of hydrogen-bond donors (Lipinski definition) is 1. The first-order valence-electron chi connectivity index (χ1n) is 5.07. The second-order valence-electron chi connectivity index (χ2n) is 3.72. The number of aliphatic carboxylic acids is 1. The van der Waals surface area contributed by atoms with Crippen molar-refractivity contribution in [2.75, 3.05) is 14.2 Å². The third kappa shape index (κ3) is 2.54. The maximum absolute atomic E-state index is 11.0. The highest BCUT2D eigenvalue weighted by atomic mass is 79.9. The lowest BCUT2D eigenvalue weighted by atomic mass is 9.98. The third-order valence-corrected chi connectivity index (χ3v) is 3.36. The largest absolute Gasteiger partial charge is 0.495 e. The first kappa shape index (κ1) is 13.8. The molecular weight excluding hydrogens is 288 g/mol. The lowest BCUT2D eigenvalue weighted by Gasteiger charge is -2.18. The van der Waals surface area contributed by atoms with Crippen LogP contribution in [0.25, 0.3) is 0 Å². The van der Waals surface area contributed by atoms with E-state index in [2.05, 4.69) is 15.9 Å². The molecule has 0 spiro atoms. The van der Waals surface area contributed by atoms with Gasteiger partial charge in [0.25, 0.3) is 0 Å². The van der Waals surface area contributed by atoms with E-state index in [4.69, 9.17) is 14.6 Å². The van der Waals surface area contributed by atoms with E-state index in [1.54, 1.807) is 20.1 Å². The number of carbonyl (C=O) groups is 1. The van der Waals surface area contributed by atoms with Crippen molar-refractivity contribution in [1.82, 2.24) is 0 Å². The zero-order valence-corrected chi connectivity index (χ0v) is 11.8. The van der Waals surface area contributed by atoms with Gasteiger partial charge in [-0.2, -0.15) is 0 Å². The average molecular weight is 303 g/mol. The summed E-state index contributed by atoms with van der Waals surface area (Å²) in [6.07, 6.45) is 0. The van der Waals surface area contributed by atoms with Crippen LogP contribution in [0.3, 0.4) is 0 Å². The van der Waals surface area contributed by atoms with E-state index < -0.39 is 11.9 Å². The van der Waals surface area contributed by atoms with Gasteiger partial charge in [0.1, 0.15) is 16.0 Å². The fourth-order valence-corrected chi connectivity index (χ4v) is 2.55. The molecule has 0 aromatic heterocycles. The van der Waals surface area contributed by atoms with Gasteiger partial charge in [-0.1, -0.05) is 0 Å². The maximum atomic E-state index is 11.0. The van der Waals surface area contributed by atoms with E-state index in [-0.39, 0.29) is 0 Å². The second-order valence-corrected chi connectivity index (χ2v) is 4.52. The fourth-order valence-electron chi connectivity index (χ4n) is 1.68. The highest BCUT2D eigenvalue weighted by Crippen LogP contribution is 2.42. The van der Waals surface area contributed by atoms with Gasteiger partial charge in [0.05, 0.1) is 20.1 Å². The minimum Gasteiger partial charge on any atom is -0.495 e. The molecule has 17 heavy (non-hydrogen) atoms. The van der Waals surface area contributed by atoms with Gasteiger partial charge in [-0.05, 0) is 41.4 Å². The van der Waals surface area contributed by atoms with Gasteiger partial charge in [-0.25, -0.2) is 0 Å². The van der Waals surface area contributed by atoms with E-state index in [1.165, 1.54) is 7.11 Å². The number of carboxylic acid groups (broad SMARTS) is 1. The molecule has 0 saturated heterocycles. The van der Waals surface area contributed by atoms with E-state index in [1.807, 2.05) is 6.92 Å². The first-order chi connectivity index (χ1) is 7.93.